The van der Waals surface area contributed by atoms with Crippen LogP contribution in [0.3, 0.4) is 0 Å². The quantitative estimate of drug-likeness (QED) is 0.774. The Hall–Kier alpha value is -2.32. The molecule has 2 saturated heterocycles. The first kappa shape index (κ1) is 19.4. The number of ether oxygens (including phenoxy) is 2. The highest BCUT2D eigenvalue weighted by Gasteiger charge is 2.38. The number of hydrogen-bond donors (Lipinski definition) is 2. The van der Waals surface area contributed by atoms with Crippen molar-refractivity contribution < 1.29 is 24.2 Å². The molecule has 8 heteroatoms. The average molecular weight is 377 g/mol. The molecule has 0 aromatic heterocycles. The summed E-state index contributed by atoms with van der Waals surface area (Å²) >= 11 is 0. The summed E-state index contributed by atoms with van der Waals surface area (Å²) in [6.45, 7) is 2.69. The van der Waals surface area contributed by atoms with Gasteiger partial charge in [-0.05, 0) is 44.1 Å². The van der Waals surface area contributed by atoms with Crippen molar-refractivity contribution in [3.05, 3.63) is 23.8 Å². The van der Waals surface area contributed by atoms with Gasteiger partial charge in [-0.2, -0.15) is 0 Å². The van der Waals surface area contributed by atoms with Gasteiger partial charge in [-0.1, -0.05) is 6.42 Å². The predicted molar refractivity (Wildman–Crippen MR) is 100 cm³/mol. The molecule has 0 saturated carbocycles. The third-order valence-corrected chi connectivity index (χ3v) is 5.27. The highest BCUT2D eigenvalue weighted by Crippen LogP contribution is 2.27. The Kier molecular flexibility index (Phi) is 6.18. The van der Waals surface area contributed by atoms with E-state index in [0.29, 0.717) is 23.5 Å². The average Bonchev–Trinajstić information content (AvgIpc) is 3.09. The molecule has 2 N–H and O–H groups in total. The maximum Gasteiger partial charge on any atom is 0.337 e. The number of rotatable bonds is 4. The third-order valence-electron chi connectivity index (χ3n) is 5.27. The number of esters is 1. The second-order valence-corrected chi connectivity index (χ2v) is 6.97. The fourth-order valence-corrected chi connectivity index (χ4v) is 3.79. The van der Waals surface area contributed by atoms with Crippen LogP contribution in [0.2, 0.25) is 0 Å². The topological polar surface area (TPSA) is 91.3 Å². The van der Waals surface area contributed by atoms with E-state index in [0.717, 1.165) is 25.9 Å². The molecule has 2 aliphatic rings. The van der Waals surface area contributed by atoms with E-state index in [1.807, 2.05) is 0 Å². The lowest BCUT2D eigenvalue weighted by Gasteiger charge is -2.33. The molecule has 0 unspecified atom stereocenters. The molecule has 0 radical (unpaired) electrons. The zero-order valence-electron chi connectivity index (χ0n) is 15.8. The molecule has 8 nitrogen and oxygen atoms in total. The highest BCUT2D eigenvalue weighted by molar-refractivity contribution is 5.95. The Labute approximate surface area is 159 Å². The van der Waals surface area contributed by atoms with E-state index in [1.165, 1.54) is 26.7 Å². The number of likely N-dealkylation sites (tertiary alicyclic amines) is 2. The van der Waals surface area contributed by atoms with E-state index in [4.69, 9.17) is 9.47 Å². The zero-order chi connectivity index (χ0) is 19.4. The second-order valence-electron chi connectivity index (χ2n) is 6.97. The highest BCUT2D eigenvalue weighted by atomic mass is 16.5. The maximum atomic E-state index is 12.7. The number of hydrogen-bond acceptors (Lipinski definition) is 6. The molecule has 0 spiro atoms. The third kappa shape index (κ3) is 4.33. The van der Waals surface area contributed by atoms with Crippen molar-refractivity contribution in [1.29, 1.82) is 0 Å². The predicted octanol–water partition coefficient (Wildman–Crippen LogP) is 1.54. The van der Waals surface area contributed by atoms with Gasteiger partial charge in [0.2, 0.25) is 0 Å². The van der Waals surface area contributed by atoms with Gasteiger partial charge in [-0.25, -0.2) is 9.59 Å². The van der Waals surface area contributed by atoms with E-state index in [1.54, 1.807) is 17.0 Å². The Balaban J connectivity index is 1.69. The zero-order valence-corrected chi connectivity index (χ0v) is 15.8. The second kappa shape index (κ2) is 8.58. The summed E-state index contributed by atoms with van der Waals surface area (Å²) in [5.74, 6) is -0.0433. The Morgan fingerprint density at radius 1 is 1.15 bits per heavy atom. The number of methoxy groups -OCH3 is 2. The van der Waals surface area contributed by atoms with Crippen LogP contribution in [0.1, 0.15) is 29.6 Å². The van der Waals surface area contributed by atoms with Crippen molar-refractivity contribution in [3.8, 4) is 5.75 Å². The number of β-amino-alcohol motifs (C(OH)–C–C–N with tert-alkyl or cyclic N) is 1. The molecule has 1 aromatic rings. The van der Waals surface area contributed by atoms with E-state index in [-0.39, 0.29) is 18.6 Å². The van der Waals surface area contributed by atoms with Gasteiger partial charge >= 0.3 is 12.0 Å². The molecular formula is C19H27N3O5. The van der Waals surface area contributed by atoms with E-state index < -0.39 is 12.1 Å². The molecule has 2 aliphatic heterocycles. The standard InChI is InChI=1S/C19H27N3O5/c1-26-17-7-6-13(18(24)27-2)10-14(17)20-19(25)22-11-15(16(23)12-22)21-8-4-3-5-9-21/h6-7,10,15-16,23H,3-5,8-9,11-12H2,1-2H3,(H,20,25)/t15-,16-/m0/s1. The lowest BCUT2D eigenvalue weighted by Crippen LogP contribution is -2.46. The Morgan fingerprint density at radius 2 is 1.89 bits per heavy atom. The van der Waals surface area contributed by atoms with Gasteiger partial charge in [0.05, 0.1) is 44.2 Å². The minimum Gasteiger partial charge on any atom is -0.495 e. The van der Waals surface area contributed by atoms with Crippen molar-refractivity contribution in [2.75, 3.05) is 45.7 Å². The SMILES string of the molecule is COC(=O)c1ccc(OC)c(NC(=O)N2C[C@H](O)[C@@H](N3CCCCC3)C2)c1. The van der Waals surface area contributed by atoms with Crippen molar-refractivity contribution in [2.24, 2.45) is 0 Å². The first-order valence-corrected chi connectivity index (χ1v) is 9.28. The molecular weight excluding hydrogens is 350 g/mol. The molecule has 0 bridgehead atoms. The molecule has 1 aromatic carbocycles. The summed E-state index contributed by atoms with van der Waals surface area (Å²) in [6.07, 6.45) is 2.93. The normalized spacial score (nSPS) is 23.1. The molecule has 2 amide bonds. The van der Waals surface area contributed by atoms with Crippen molar-refractivity contribution >= 4 is 17.7 Å². The molecule has 3 rings (SSSR count). The summed E-state index contributed by atoms with van der Waals surface area (Å²) in [4.78, 5) is 28.3. The number of carbonyl (C=O) groups excluding carboxylic acids is 2. The lowest BCUT2D eigenvalue weighted by molar-refractivity contribution is 0.0600. The van der Waals surface area contributed by atoms with Gasteiger partial charge in [-0.3, -0.25) is 4.90 Å². The number of aliphatic hydroxyl groups is 1. The van der Waals surface area contributed by atoms with Crippen molar-refractivity contribution in [2.45, 2.75) is 31.4 Å². The van der Waals surface area contributed by atoms with Gasteiger partial charge in [0.15, 0.2) is 0 Å². The lowest BCUT2D eigenvalue weighted by atomic mass is 10.1. The van der Waals surface area contributed by atoms with Crippen molar-refractivity contribution in [3.63, 3.8) is 0 Å². The number of aliphatic hydroxyl groups excluding tert-OH is 1. The summed E-state index contributed by atoms with van der Waals surface area (Å²) in [7, 11) is 2.80. The number of nitrogens with zero attached hydrogens (tertiary/aromatic N) is 2. The van der Waals surface area contributed by atoms with Crippen LogP contribution in [0.25, 0.3) is 0 Å². The van der Waals surface area contributed by atoms with Crippen LogP contribution < -0.4 is 10.1 Å². The van der Waals surface area contributed by atoms with Gasteiger partial charge in [0.25, 0.3) is 0 Å². The molecule has 2 heterocycles. The largest absolute Gasteiger partial charge is 0.495 e. The van der Waals surface area contributed by atoms with Gasteiger partial charge in [0, 0.05) is 6.54 Å². The van der Waals surface area contributed by atoms with Crippen LogP contribution in [0.5, 0.6) is 5.75 Å². The molecule has 0 aliphatic carbocycles. The minimum atomic E-state index is -0.558. The molecule has 27 heavy (non-hydrogen) atoms. The fraction of sp³-hybridized carbons (Fsp3) is 0.579. The number of urea groups is 1. The van der Waals surface area contributed by atoms with Crippen LogP contribution >= 0.6 is 0 Å². The van der Waals surface area contributed by atoms with Gasteiger partial charge < -0.3 is 24.8 Å². The summed E-state index contributed by atoms with van der Waals surface area (Å²) in [5.41, 5.74) is 0.711. The maximum absolute atomic E-state index is 12.7. The molecule has 148 valence electrons. The summed E-state index contributed by atoms with van der Waals surface area (Å²) < 4.78 is 10.00. The summed E-state index contributed by atoms with van der Waals surface area (Å²) in [6, 6.07) is 4.36. The molecule has 2 fully saturated rings. The van der Waals surface area contributed by atoms with E-state index >= 15 is 0 Å². The number of amides is 2. The van der Waals surface area contributed by atoms with Crippen LogP contribution in [-0.4, -0.2) is 79.5 Å². The van der Waals surface area contributed by atoms with Crippen LogP contribution in [0.15, 0.2) is 18.2 Å². The number of piperidine rings is 1. The first-order chi connectivity index (χ1) is 13.0. The smallest absolute Gasteiger partial charge is 0.337 e. The Bertz CT molecular complexity index is 690. The van der Waals surface area contributed by atoms with Crippen molar-refractivity contribution in [1.82, 2.24) is 9.80 Å². The number of carbonyl (C=O) groups is 2. The van der Waals surface area contributed by atoms with E-state index in [2.05, 4.69) is 10.2 Å². The van der Waals surface area contributed by atoms with E-state index in [9.17, 15) is 14.7 Å². The molecule has 2 atom stereocenters. The first-order valence-electron chi connectivity index (χ1n) is 9.28. The van der Waals surface area contributed by atoms with Crippen LogP contribution in [0, 0.1) is 0 Å². The number of benzene rings is 1. The van der Waals surface area contributed by atoms with Gasteiger partial charge in [0.1, 0.15) is 5.75 Å². The Morgan fingerprint density at radius 3 is 2.56 bits per heavy atom. The fourth-order valence-electron chi connectivity index (χ4n) is 3.79. The van der Waals surface area contributed by atoms with Crippen LogP contribution in [-0.2, 0) is 4.74 Å². The monoisotopic (exact) mass is 377 g/mol. The summed E-state index contributed by atoms with van der Waals surface area (Å²) in [5, 5.41) is 13.2. The van der Waals surface area contributed by atoms with Gasteiger partial charge in [-0.15, -0.1) is 0 Å². The van der Waals surface area contributed by atoms with Crippen LogP contribution in [0.4, 0.5) is 10.5 Å². The minimum absolute atomic E-state index is 0.0284. The number of nitrogens with one attached hydrogen (secondary N) is 1. The number of anilines is 1.